The molecule has 340 valence electrons. The lowest BCUT2D eigenvalue weighted by Crippen LogP contribution is -2.36. The van der Waals surface area contributed by atoms with E-state index < -0.39 is 17.8 Å². The van der Waals surface area contributed by atoms with E-state index in [-0.39, 0.29) is 5.84 Å². The molecule has 9 nitrogen and oxygen atoms in total. The minimum Gasteiger partial charge on any atom is -0.494 e. The topological polar surface area (TPSA) is 151 Å². The lowest BCUT2D eigenvalue weighted by molar-refractivity contribution is 0.0596. The summed E-state index contributed by atoms with van der Waals surface area (Å²) in [6.45, 7) is 20.6. The van der Waals surface area contributed by atoms with Crippen molar-refractivity contribution in [3.8, 4) is 22.8 Å². The van der Waals surface area contributed by atoms with Crippen LogP contribution in [0.5, 0.6) is 11.5 Å². The first-order valence-corrected chi connectivity index (χ1v) is 23.9. The van der Waals surface area contributed by atoms with Gasteiger partial charge in [0.05, 0.1) is 41.7 Å². The van der Waals surface area contributed by atoms with Crippen LogP contribution in [0, 0.1) is 30.1 Å². The lowest BCUT2D eigenvalue weighted by atomic mass is 9.60. The Morgan fingerprint density at radius 2 is 1.63 bits per heavy atom. The Morgan fingerprint density at radius 1 is 0.984 bits per heavy atom. The van der Waals surface area contributed by atoms with E-state index in [4.69, 9.17) is 25.4 Å². The number of unbranched alkanes of at least 4 members (excludes halogenated alkanes) is 2. The molecule has 62 heavy (non-hydrogen) atoms. The van der Waals surface area contributed by atoms with Gasteiger partial charge < -0.3 is 35.7 Å². The van der Waals surface area contributed by atoms with Crippen LogP contribution < -0.4 is 15.2 Å². The fraction of sp³-hybridized carbons (Fsp3) is 0.577. The summed E-state index contributed by atoms with van der Waals surface area (Å²) in [6, 6.07) is 15.4. The SMILES string of the molecule is C=C1/C(=C\C=C2/CCC[C@]3(C)[C@@H]([C@H](C)CCCC(C)(C)O)CC[C@@H]23)C[C@@H](O)C[C@@H]1O.Cc1nc(-c2ccc(OCCCCCOc3ccc(/C(N)=N/O)cc3)cc2)c(C(C)C)s1. The molecule has 1 aromatic heterocycles. The molecule has 0 unspecified atom stereocenters. The van der Waals surface area contributed by atoms with Crippen molar-refractivity contribution in [1.82, 2.24) is 4.98 Å². The molecule has 0 spiro atoms. The van der Waals surface area contributed by atoms with Gasteiger partial charge in [-0.15, -0.1) is 11.3 Å². The smallest absolute Gasteiger partial charge is 0.170 e. The number of oxime groups is 1. The quantitative estimate of drug-likeness (QED) is 0.0296. The molecule has 3 aliphatic carbocycles. The molecular formula is C52H75N3O6S. The monoisotopic (exact) mass is 870 g/mol. The molecule has 6 rings (SSSR count). The van der Waals surface area contributed by atoms with E-state index in [0.29, 0.717) is 54.8 Å². The van der Waals surface area contributed by atoms with Crippen molar-refractivity contribution in [3.05, 3.63) is 99.4 Å². The van der Waals surface area contributed by atoms with E-state index in [9.17, 15) is 15.3 Å². The first kappa shape index (κ1) is 49.1. The summed E-state index contributed by atoms with van der Waals surface area (Å²) in [4.78, 5) is 6.05. The van der Waals surface area contributed by atoms with Gasteiger partial charge in [-0.05, 0) is 174 Å². The molecule has 0 bridgehead atoms. The number of aryl methyl sites for hydroxylation is 1. The summed E-state index contributed by atoms with van der Waals surface area (Å²) in [5, 5.41) is 43.0. The molecule has 10 heteroatoms. The largest absolute Gasteiger partial charge is 0.494 e. The van der Waals surface area contributed by atoms with E-state index in [1.54, 1.807) is 29.0 Å². The number of allylic oxidation sites excluding steroid dienone is 3. The highest BCUT2D eigenvalue weighted by Gasteiger charge is 2.50. The van der Waals surface area contributed by atoms with Crippen LogP contribution >= 0.6 is 11.3 Å². The van der Waals surface area contributed by atoms with E-state index in [0.717, 1.165) is 76.9 Å². The number of nitrogens with two attached hydrogens (primary N) is 1. The standard InChI is InChI=1S/C27H44O3.C25H31N3O3S/c1-18(8-6-14-26(3,4)30)23-12-13-24-20(9-7-15-27(23,24)5)10-11-21-16-22(28)17-25(29)19(21)2;1-17(2)24-23(27-18(3)32-24)19-7-11-21(12-8-19)30-15-5-4-6-16-31-22-13-9-20(10-14-22)25(26)28-29/h10-11,18,22-25,28-30H,2,6-9,12-17H2,1,3-5H3;7-14,17,29H,4-6,15-16H2,1-3H3,(H2,26,28)/b20-10+,21-11-;/t18-,22-,23-,24+,25+,27-;/m1./s1. The maximum absolute atomic E-state index is 10.1. The lowest BCUT2D eigenvalue weighted by Gasteiger charge is -2.44. The van der Waals surface area contributed by atoms with Gasteiger partial charge in [-0.25, -0.2) is 4.98 Å². The van der Waals surface area contributed by atoms with Crippen LogP contribution in [0.3, 0.4) is 0 Å². The van der Waals surface area contributed by atoms with Crippen LogP contribution in [0.15, 0.2) is 89.1 Å². The summed E-state index contributed by atoms with van der Waals surface area (Å²) in [5.74, 6) is 4.31. The second-order valence-corrected chi connectivity index (χ2v) is 20.5. The fourth-order valence-corrected chi connectivity index (χ4v) is 11.0. The Labute approximate surface area is 375 Å². The fourth-order valence-electron chi connectivity index (χ4n) is 10.0. The normalized spacial score (nSPS) is 24.8. The molecule has 3 saturated carbocycles. The van der Waals surface area contributed by atoms with Gasteiger partial charge in [-0.3, -0.25) is 0 Å². The molecule has 0 radical (unpaired) electrons. The number of benzene rings is 2. The van der Waals surface area contributed by atoms with Crippen molar-refractivity contribution in [3.63, 3.8) is 0 Å². The number of aliphatic hydroxyl groups is 3. The Kier molecular flexibility index (Phi) is 17.9. The van der Waals surface area contributed by atoms with Crippen molar-refractivity contribution in [2.75, 3.05) is 13.2 Å². The number of hydrogen-bond donors (Lipinski definition) is 5. The number of ether oxygens (including phenoxy) is 2. The number of aromatic nitrogens is 1. The number of thiazole rings is 1. The molecule has 3 fully saturated rings. The second-order valence-electron chi connectivity index (χ2n) is 19.2. The first-order chi connectivity index (χ1) is 29.5. The van der Waals surface area contributed by atoms with Gasteiger partial charge in [0.15, 0.2) is 5.84 Å². The minimum absolute atomic E-state index is 0.0877. The van der Waals surface area contributed by atoms with Gasteiger partial charge in [-0.1, -0.05) is 70.0 Å². The van der Waals surface area contributed by atoms with E-state index in [2.05, 4.69) is 70.6 Å². The zero-order valence-corrected chi connectivity index (χ0v) is 39.4. The Bertz CT molecular complexity index is 1980. The molecular weight excluding hydrogens is 795 g/mol. The molecule has 0 saturated heterocycles. The number of rotatable bonds is 17. The van der Waals surface area contributed by atoms with Crippen molar-refractivity contribution >= 4 is 17.2 Å². The number of fused-ring (bicyclic) bond motifs is 1. The summed E-state index contributed by atoms with van der Waals surface area (Å²) in [6.07, 6.45) is 16.8. The minimum atomic E-state index is -0.615. The zero-order valence-electron chi connectivity index (χ0n) is 38.5. The van der Waals surface area contributed by atoms with E-state index >= 15 is 0 Å². The number of hydrogen-bond acceptors (Lipinski definition) is 9. The highest BCUT2D eigenvalue weighted by Crippen LogP contribution is 2.60. The van der Waals surface area contributed by atoms with Gasteiger partial charge >= 0.3 is 0 Å². The molecule has 0 amide bonds. The molecule has 3 aliphatic rings. The average molecular weight is 870 g/mol. The molecule has 2 aromatic carbocycles. The van der Waals surface area contributed by atoms with Crippen LogP contribution in [-0.2, 0) is 0 Å². The third-order valence-corrected chi connectivity index (χ3v) is 14.7. The molecule has 0 aliphatic heterocycles. The molecule has 1 heterocycles. The van der Waals surface area contributed by atoms with Gasteiger partial charge in [0.25, 0.3) is 0 Å². The van der Waals surface area contributed by atoms with Gasteiger partial charge in [-0.2, -0.15) is 0 Å². The van der Waals surface area contributed by atoms with E-state index in [1.807, 2.05) is 38.1 Å². The highest BCUT2D eigenvalue weighted by atomic mass is 32.1. The van der Waals surface area contributed by atoms with Crippen molar-refractivity contribution in [2.45, 2.75) is 156 Å². The van der Waals surface area contributed by atoms with Crippen LogP contribution in [0.4, 0.5) is 0 Å². The number of aliphatic hydroxyl groups excluding tert-OH is 2. The molecule has 6 N–H and O–H groups in total. The number of nitrogens with zero attached hydrogens (tertiary/aromatic N) is 2. The third-order valence-electron chi connectivity index (χ3n) is 13.4. The summed E-state index contributed by atoms with van der Waals surface area (Å²) >= 11 is 1.77. The summed E-state index contributed by atoms with van der Waals surface area (Å²) < 4.78 is 11.6. The van der Waals surface area contributed by atoms with Crippen molar-refractivity contribution < 1.29 is 30.0 Å². The Hall–Kier alpha value is -3.96. The third kappa shape index (κ3) is 13.5. The first-order valence-electron chi connectivity index (χ1n) is 23.1. The van der Waals surface area contributed by atoms with Gasteiger partial charge in [0, 0.05) is 22.4 Å². The maximum Gasteiger partial charge on any atom is 0.170 e. The maximum atomic E-state index is 10.1. The van der Waals surface area contributed by atoms with Crippen LogP contribution in [0.1, 0.15) is 146 Å². The number of amidine groups is 1. The Balaban J connectivity index is 0.000000235. The predicted octanol–water partition coefficient (Wildman–Crippen LogP) is 11.7. The average Bonchev–Trinajstić information content (AvgIpc) is 3.81. The van der Waals surface area contributed by atoms with Gasteiger partial charge in [0.1, 0.15) is 11.5 Å². The van der Waals surface area contributed by atoms with Crippen molar-refractivity contribution in [1.29, 1.82) is 0 Å². The zero-order chi connectivity index (χ0) is 45.0. The van der Waals surface area contributed by atoms with Crippen LogP contribution in [0.25, 0.3) is 11.3 Å². The molecule has 6 atom stereocenters. The van der Waals surface area contributed by atoms with Crippen LogP contribution in [-0.4, -0.2) is 62.4 Å². The van der Waals surface area contributed by atoms with E-state index in [1.165, 1.54) is 43.4 Å². The molecule has 3 aromatic rings. The Morgan fingerprint density at radius 3 is 2.24 bits per heavy atom. The van der Waals surface area contributed by atoms with Crippen molar-refractivity contribution in [2.24, 2.45) is 34.1 Å². The summed E-state index contributed by atoms with van der Waals surface area (Å²) in [7, 11) is 0. The summed E-state index contributed by atoms with van der Waals surface area (Å²) in [5.41, 5.74) is 11.6. The highest BCUT2D eigenvalue weighted by molar-refractivity contribution is 7.12. The van der Waals surface area contributed by atoms with Crippen LogP contribution in [0.2, 0.25) is 0 Å². The second kappa shape index (κ2) is 22.6. The van der Waals surface area contributed by atoms with Gasteiger partial charge in [0.2, 0.25) is 0 Å². The predicted molar refractivity (Wildman–Crippen MR) is 254 cm³/mol.